The van der Waals surface area contributed by atoms with E-state index < -0.39 is 12.1 Å². The predicted molar refractivity (Wildman–Crippen MR) is 103 cm³/mol. The average molecular weight is 400 g/mol. The summed E-state index contributed by atoms with van der Waals surface area (Å²) in [5.41, 5.74) is 2.13. The van der Waals surface area contributed by atoms with E-state index in [1.807, 2.05) is 60.7 Å². The molecule has 3 nitrogen and oxygen atoms in total. The van der Waals surface area contributed by atoms with E-state index in [1.54, 1.807) is 0 Å². The van der Waals surface area contributed by atoms with E-state index in [2.05, 4.69) is 10.1 Å². The van der Waals surface area contributed by atoms with Crippen LogP contribution in [0.1, 0.15) is 54.4 Å². The number of aromatic nitrogens is 2. The van der Waals surface area contributed by atoms with Gasteiger partial charge in [-0.25, -0.2) is 0 Å². The second kappa shape index (κ2) is 8.39. The van der Waals surface area contributed by atoms with E-state index in [9.17, 15) is 13.2 Å². The summed E-state index contributed by atoms with van der Waals surface area (Å²) in [6, 6.07) is 20.0. The van der Waals surface area contributed by atoms with Crippen LogP contribution >= 0.6 is 0 Å². The fraction of sp³-hybridized carbons (Fsp3) is 0.391. The zero-order chi connectivity index (χ0) is 20.3. The highest BCUT2D eigenvalue weighted by Crippen LogP contribution is 2.40. The Balaban J connectivity index is 1.50. The summed E-state index contributed by atoms with van der Waals surface area (Å²) in [6.45, 7) is 0. The second-order valence-electron chi connectivity index (χ2n) is 7.76. The van der Waals surface area contributed by atoms with Gasteiger partial charge in [-0.3, -0.25) is 0 Å². The molecule has 1 aliphatic rings. The number of hydrogen-bond donors (Lipinski definition) is 0. The van der Waals surface area contributed by atoms with Crippen LogP contribution in [0.3, 0.4) is 0 Å². The van der Waals surface area contributed by atoms with Crippen LogP contribution in [0.2, 0.25) is 0 Å². The summed E-state index contributed by atoms with van der Waals surface area (Å²) in [6.07, 6.45) is -2.09. The standard InChI is InChI=1S/C23H23F3N2O/c24-23(25,26)19-13-11-16(12-14-19)15-20-27-22(28-29-20)21(17-7-3-1-4-8-17)18-9-5-2-6-10-18/h1-10,16,19,21H,11-15H2. The monoisotopic (exact) mass is 400 g/mol. The van der Waals surface area contributed by atoms with Gasteiger partial charge in [-0.2, -0.15) is 18.2 Å². The molecule has 1 aromatic heterocycles. The molecule has 0 atom stereocenters. The summed E-state index contributed by atoms with van der Waals surface area (Å²) in [5.74, 6) is -0.0593. The Bertz CT molecular complexity index is 861. The molecule has 29 heavy (non-hydrogen) atoms. The largest absolute Gasteiger partial charge is 0.391 e. The summed E-state index contributed by atoms with van der Waals surface area (Å²) in [5, 5.41) is 4.22. The third-order valence-electron chi connectivity index (χ3n) is 5.78. The molecule has 1 heterocycles. The molecular formula is C23H23F3N2O. The van der Waals surface area contributed by atoms with Gasteiger partial charge in [-0.1, -0.05) is 65.8 Å². The summed E-state index contributed by atoms with van der Waals surface area (Å²) in [7, 11) is 0. The summed E-state index contributed by atoms with van der Waals surface area (Å²) < 4.78 is 44.1. The lowest BCUT2D eigenvalue weighted by Gasteiger charge is -2.29. The van der Waals surface area contributed by atoms with E-state index in [0.717, 1.165) is 11.1 Å². The lowest BCUT2D eigenvalue weighted by Crippen LogP contribution is -2.28. The molecule has 6 heteroatoms. The van der Waals surface area contributed by atoms with Crippen molar-refractivity contribution in [1.29, 1.82) is 0 Å². The van der Waals surface area contributed by atoms with Crippen molar-refractivity contribution in [1.82, 2.24) is 10.1 Å². The maximum absolute atomic E-state index is 12.9. The van der Waals surface area contributed by atoms with Crippen molar-refractivity contribution in [3.8, 4) is 0 Å². The van der Waals surface area contributed by atoms with Gasteiger partial charge in [0.25, 0.3) is 0 Å². The number of nitrogens with zero attached hydrogens (tertiary/aromatic N) is 2. The van der Waals surface area contributed by atoms with Gasteiger partial charge in [-0.15, -0.1) is 0 Å². The first-order valence-corrected chi connectivity index (χ1v) is 10.00. The first kappa shape index (κ1) is 19.7. The smallest absolute Gasteiger partial charge is 0.339 e. The molecule has 0 unspecified atom stereocenters. The van der Waals surface area contributed by atoms with Crippen LogP contribution in [-0.2, 0) is 6.42 Å². The molecule has 4 rings (SSSR count). The van der Waals surface area contributed by atoms with Gasteiger partial charge in [0.15, 0.2) is 5.82 Å². The molecule has 1 aliphatic carbocycles. The van der Waals surface area contributed by atoms with E-state index in [-0.39, 0.29) is 24.7 Å². The SMILES string of the molecule is FC(F)(F)C1CCC(Cc2nc(C(c3ccccc3)c3ccccc3)no2)CC1. The predicted octanol–water partition coefficient (Wildman–Crippen LogP) is 6.16. The first-order valence-electron chi connectivity index (χ1n) is 10.00. The number of halogens is 3. The third-order valence-corrected chi connectivity index (χ3v) is 5.78. The van der Waals surface area contributed by atoms with Crippen LogP contribution < -0.4 is 0 Å². The topological polar surface area (TPSA) is 38.9 Å². The molecule has 0 spiro atoms. The summed E-state index contributed by atoms with van der Waals surface area (Å²) in [4.78, 5) is 4.63. The highest BCUT2D eigenvalue weighted by atomic mass is 19.4. The molecule has 2 aromatic carbocycles. The maximum Gasteiger partial charge on any atom is 0.391 e. The highest BCUT2D eigenvalue weighted by molar-refractivity contribution is 5.37. The van der Waals surface area contributed by atoms with Gasteiger partial charge in [-0.05, 0) is 42.7 Å². The van der Waals surface area contributed by atoms with Crippen LogP contribution in [0.25, 0.3) is 0 Å². The molecule has 3 aromatic rings. The van der Waals surface area contributed by atoms with Crippen molar-refractivity contribution >= 4 is 0 Å². The van der Waals surface area contributed by atoms with Crippen LogP contribution in [0, 0.1) is 11.8 Å². The fourth-order valence-corrected chi connectivity index (χ4v) is 4.19. The maximum atomic E-state index is 12.9. The fourth-order valence-electron chi connectivity index (χ4n) is 4.19. The summed E-state index contributed by atoms with van der Waals surface area (Å²) >= 11 is 0. The molecule has 0 N–H and O–H groups in total. The van der Waals surface area contributed by atoms with E-state index in [1.165, 1.54) is 0 Å². The van der Waals surface area contributed by atoms with Crippen molar-refractivity contribution in [2.45, 2.75) is 44.2 Å². The lowest BCUT2D eigenvalue weighted by atomic mass is 9.80. The van der Waals surface area contributed by atoms with Gasteiger partial charge in [0.1, 0.15) is 0 Å². The number of rotatable bonds is 5. The van der Waals surface area contributed by atoms with E-state index in [4.69, 9.17) is 4.52 Å². The van der Waals surface area contributed by atoms with Gasteiger partial charge >= 0.3 is 6.18 Å². The van der Waals surface area contributed by atoms with Gasteiger partial charge in [0.05, 0.1) is 11.8 Å². The molecule has 0 radical (unpaired) electrons. The minimum atomic E-state index is -4.08. The van der Waals surface area contributed by atoms with Crippen LogP contribution in [0.4, 0.5) is 13.2 Å². The number of hydrogen-bond acceptors (Lipinski definition) is 3. The Morgan fingerprint density at radius 3 is 1.93 bits per heavy atom. The van der Waals surface area contributed by atoms with Gasteiger partial charge < -0.3 is 4.52 Å². The van der Waals surface area contributed by atoms with Crippen molar-refractivity contribution in [3.63, 3.8) is 0 Å². The number of benzene rings is 2. The van der Waals surface area contributed by atoms with E-state index in [0.29, 0.717) is 31.0 Å². The quantitative estimate of drug-likeness (QED) is 0.515. The van der Waals surface area contributed by atoms with Crippen molar-refractivity contribution in [2.75, 3.05) is 0 Å². The molecule has 0 amide bonds. The van der Waals surface area contributed by atoms with Gasteiger partial charge in [0, 0.05) is 6.42 Å². The Morgan fingerprint density at radius 2 is 1.41 bits per heavy atom. The normalized spacial score (nSPS) is 20.1. The Kier molecular flexibility index (Phi) is 5.69. The second-order valence-corrected chi connectivity index (χ2v) is 7.76. The van der Waals surface area contributed by atoms with Crippen LogP contribution in [0.5, 0.6) is 0 Å². The lowest BCUT2D eigenvalue weighted by molar-refractivity contribution is -0.183. The molecule has 1 fully saturated rings. The Labute approximate surface area is 168 Å². The molecule has 0 aliphatic heterocycles. The van der Waals surface area contributed by atoms with Crippen molar-refractivity contribution in [3.05, 3.63) is 83.5 Å². The Morgan fingerprint density at radius 1 is 0.862 bits per heavy atom. The molecule has 152 valence electrons. The molecule has 1 saturated carbocycles. The third kappa shape index (κ3) is 4.69. The minimum Gasteiger partial charge on any atom is -0.339 e. The Hall–Kier alpha value is -2.63. The van der Waals surface area contributed by atoms with Crippen molar-refractivity contribution in [2.24, 2.45) is 11.8 Å². The minimum absolute atomic E-state index is 0.143. The van der Waals surface area contributed by atoms with E-state index >= 15 is 0 Å². The van der Waals surface area contributed by atoms with Crippen LogP contribution in [0.15, 0.2) is 65.2 Å². The zero-order valence-electron chi connectivity index (χ0n) is 16.0. The first-order chi connectivity index (χ1) is 14.0. The van der Waals surface area contributed by atoms with Crippen LogP contribution in [-0.4, -0.2) is 16.3 Å². The molecular weight excluding hydrogens is 377 g/mol. The zero-order valence-corrected chi connectivity index (χ0v) is 16.0. The van der Waals surface area contributed by atoms with Crippen molar-refractivity contribution < 1.29 is 17.7 Å². The average Bonchev–Trinajstić information content (AvgIpc) is 3.17. The molecule has 0 bridgehead atoms. The van der Waals surface area contributed by atoms with Gasteiger partial charge in [0.2, 0.25) is 5.89 Å². The molecule has 0 saturated heterocycles. The number of alkyl halides is 3. The highest BCUT2D eigenvalue weighted by Gasteiger charge is 2.41.